The van der Waals surface area contributed by atoms with Gasteiger partial charge in [0.2, 0.25) is 0 Å². The van der Waals surface area contributed by atoms with Crippen molar-refractivity contribution < 1.29 is 4.74 Å². The van der Waals surface area contributed by atoms with Gasteiger partial charge >= 0.3 is 0 Å². The van der Waals surface area contributed by atoms with Gasteiger partial charge in [-0.15, -0.1) is 0 Å². The summed E-state index contributed by atoms with van der Waals surface area (Å²) in [6.07, 6.45) is 0. The molecule has 0 spiro atoms. The van der Waals surface area contributed by atoms with Gasteiger partial charge in [-0.05, 0) is 31.0 Å². The van der Waals surface area contributed by atoms with Crippen LogP contribution in [0.2, 0.25) is 0 Å². The number of ether oxygens (including phenoxy) is 1. The highest BCUT2D eigenvalue weighted by Crippen LogP contribution is 2.36. The van der Waals surface area contributed by atoms with Crippen LogP contribution in [0.15, 0.2) is 18.2 Å². The van der Waals surface area contributed by atoms with E-state index < -0.39 is 0 Å². The lowest BCUT2D eigenvalue weighted by atomic mass is 9.85. The highest BCUT2D eigenvalue weighted by Gasteiger charge is 2.26. The Morgan fingerprint density at radius 1 is 1.50 bits per heavy atom. The first-order chi connectivity index (χ1) is 6.72. The summed E-state index contributed by atoms with van der Waals surface area (Å²) in [6, 6.07) is 6.37. The molecule has 2 nitrogen and oxygen atoms in total. The predicted octanol–water partition coefficient (Wildman–Crippen LogP) is 2.07. The van der Waals surface area contributed by atoms with Gasteiger partial charge in [-0.3, -0.25) is 0 Å². The van der Waals surface area contributed by atoms with E-state index in [-0.39, 0.29) is 0 Å². The van der Waals surface area contributed by atoms with Gasteiger partial charge in [0.05, 0.1) is 6.61 Å². The van der Waals surface area contributed by atoms with Gasteiger partial charge in [0, 0.05) is 5.92 Å². The smallest absolute Gasteiger partial charge is 0.122 e. The number of hydrogen-bond donors (Lipinski definition) is 1. The number of hydrogen-bond acceptors (Lipinski definition) is 2. The minimum atomic E-state index is 0.462. The Kier molecular flexibility index (Phi) is 2.46. The van der Waals surface area contributed by atoms with E-state index in [1.54, 1.807) is 0 Å². The summed E-state index contributed by atoms with van der Waals surface area (Å²) < 4.78 is 5.67. The van der Waals surface area contributed by atoms with Gasteiger partial charge in [-0.1, -0.05) is 24.6 Å². The first-order valence-corrected chi connectivity index (χ1v) is 5.15. The summed E-state index contributed by atoms with van der Waals surface area (Å²) in [4.78, 5) is 0. The van der Waals surface area contributed by atoms with Crippen molar-refractivity contribution in [2.24, 2.45) is 11.7 Å². The Labute approximate surface area is 85.1 Å². The number of benzene rings is 1. The van der Waals surface area contributed by atoms with Crippen LogP contribution < -0.4 is 10.5 Å². The van der Waals surface area contributed by atoms with Crippen LogP contribution in [0.1, 0.15) is 24.0 Å². The van der Waals surface area contributed by atoms with Crippen LogP contribution >= 0.6 is 0 Å². The molecule has 0 aliphatic carbocycles. The largest absolute Gasteiger partial charge is 0.493 e. The van der Waals surface area contributed by atoms with Crippen molar-refractivity contribution in [3.63, 3.8) is 0 Å². The van der Waals surface area contributed by atoms with E-state index in [0.29, 0.717) is 18.4 Å². The van der Waals surface area contributed by atoms with E-state index >= 15 is 0 Å². The third-order valence-corrected chi connectivity index (χ3v) is 3.12. The van der Waals surface area contributed by atoms with E-state index in [0.717, 1.165) is 12.4 Å². The molecule has 1 aromatic rings. The molecule has 0 aromatic heterocycles. The molecule has 0 radical (unpaired) electrons. The second-order valence-electron chi connectivity index (χ2n) is 4.14. The molecule has 2 unspecified atom stereocenters. The van der Waals surface area contributed by atoms with Gasteiger partial charge in [0.25, 0.3) is 0 Å². The van der Waals surface area contributed by atoms with E-state index in [4.69, 9.17) is 10.5 Å². The molecule has 0 bridgehead atoms. The van der Waals surface area contributed by atoms with Crippen molar-refractivity contribution in [1.82, 2.24) is 0 Å². The summed E-state index contributed by atoms with van der Waals surface area (Å²) in [7, 11) is 0. The average molecular weight is 191 g/mol. The second kappa shape index (κ2) is 3.62. The minimum Gasteiger partial charge on any atom is -0.493 e. The zero-order chi connectivity index (χ0) is 10.1. The van der Waals surface area contributed by atoms with Crippen LogP contribution in [-0.2, 0) is 0 Å². The van der Waals surface area contributed by atoms with Gasteiger partial charge in [0.1, 0.15) is 5.75 Å². The fourth-order valence-corrected chi connectivity index (χ4v) is 2.02. The lowest BCUT2D eigenvalue weighted by Gasteiger charge is -2.30. The molecule has 14 heavy (non-hydrogen) atoms. The zero-order valence-corrected chi connectivity index (χ0v) is 8.79. The maximum atomic E-state index is 5.71. The molecule has 2 rings (SSSR count). The molecular formula is C12H17NO. The van der Waals surface area contributed by atoms with Crippen LogP contribution in [0.5, 0.6) is 5.75 Å². The minimum absolute atomic E-state index is 0.462. The third-order valence-electron chi connectivity index (χ3n) is 3.12. The summed E-state index contributed by atoms with van der Waals surface area (Å²) in [5.74, 6) is 2.01. The maximum absolute atomic E-state index is 5.71. The molecule has 1 aliphatic rings. The Balaban J connectivity index is 2.38. The van der Waals surface area contributed by atoms with Crippen molar-refractivity contribution in [3.8, 4) is 5.75 Å². The number of rotatable bonds is 1. The molecule has 0 saturated carbocycles. The van der Waals surface area contributed by atoms with Crippen molar-refractivity contribution in [2.45, 2.75) is 19.8 Å². The highest BCUT2D eigenvalue weighted by molar-refractivity contribution is 5.40. The normalized spacial score (nSPS) is 25.4. The van der Waals surface area contributed by atoms with E-state index in [1.807, 2.05) is 0 Å². The van der Waals surface area contributed by atoms with Crippen LogP contribution in [0.3, 0.4) is 0 Å². The zero-order valence-electron chi connectivity index (χ0n) is 8.79. The maximum Gasteiger partial charge on any atom is 0.122 e. The van der Waals surface area contributed by atoms with E-state index in [1.165, 1.54) is 11.1 Å². The Morgan fingerprint density at radius 3 is 3.00 bits per heavy atom. The Hall–Kier alpha value is -1.02. The summed E-state index contributed by atoms with van der Waals surface area (Å²) >= 11 is 0. The molecule has 2 heteroatoms. The molecule has 2 atom stereocenters. The molecule has 1 heterocycles. The lowest BCUT2D eigenvalue weighted by Crippen LogP contribution is -2.30. The topological polar surface area (TPSA) is 35.2 Å². The fraction of sp³-hybridized carbons (Fsp3) is 0.500. The molecule has 0 fully saturated rings. The quantitative estimate of drug-likeness (QED) is 0.737. The van der Waals surface area contributed by atoms with Crippen molar-refractivity contribution in [2.75, 3.05) is 13.2 Å². The average Bonchev–Trinajstić information content (AvgIpc) is 2.20. The van der Waals surface area contributed by atoms with Crippen LogP contribution in [-0.4, -0.2) is 13.2 Å². The molecule has 1 aromatic carbocycles. The third kappa shape index (κ3) is 1.50. The van der Waals surface area contributed by atoms with Gasteiger partial charge in [-0.2, -0.15) is 0 Å². The molecular weight excluding hydrogens is 174 g/mol. The second-order valence-corrected chi connectivity index (χ2v) is 4.14. The van der Waals surface area contributed by atoms with E-state index in [9.17, 15) is 0 Å². The number of nitrogens with two attached hydrogens (primary N) is 1. The summed E-state index contributed by atoms with van der Waals surface area (Å²) in [6.45, 7) is 5.81. The highest BCUT2D eigenvalue weighted by atomic mass is 16.5. The number of aryl methyl sites for hydroxylation is 1. The van der Waals surface area contributed by atoms with Gasteiger partial charge in [-0.25, -0.2) is 0 Å². The number of fused-ring (bicyclic) bond motifs is 1. The van der Waals surface area contributed by atoms with Crippen molar-refractivity contribution >= 4 is 0 Å². The molecule has 0 saturated heterocycles. The van der Waals surface area contributed by atoms with Crippen LogP contribution in [0.4, 0.5) is 0 Å². The lowest BCUT2D eigenvalue weighted by molar-refractivity contribution is 0.203. The first-order valence-electron chi connectivity index (χ1n) is 5.15. The standard InChI is InChI=1S/C12H17NO/c1-8-3-4-12-11(5-8)9(2)10(6-13)7-14-12/h3-5,9-10H,6-7,13H2,1-2H3. The predicted molar refractivity (Wildman–Crippen MR) is 57.6 cm³/mol. The van der Waals surface area contributed by atoms with Gasteiger partial charge in [0.15, 0.2) is 0 Å². The monoisotopic (exact) mass is 191 g/mol. The van der Waals surface area contributed by atoms with E-state index in [2.05, 4.69) is 32.0 Å². The molecule has 0 amide bonds. The molecule has 1 aliphatic heterocycles. The van der Waals surface area contributed by atoms with Crippen molar-refractivity contribution in [1.29, 1.82) is 0 Å². The fourth-order valence-electron chi connectivity index (χ4n) is 2.02. The molecule has 2 N–H and O–H groups in total. The van der Waals surface area contributed by atoms with Crippen molar-refractivity contribution in [3.05, 3.63) is 29.3 Å². The Morgan fingerprint density at radius 2 is 2.29 bits per heavy atom. The first kappa shape index (κ1) is 9.53. The Bertz CT molecular complexity index is 335. The molecule has 76 valence electrons. The SMILES string of the molecule is Cc1ccc2c(c1)C(C)C(CN)CO2. The van der Waals surface area contributed by atoms with Crippen LogP contribution in [0.25, 0.3) is 0 Å². The summed E-state index contributed by atoms with van der Waals surface area (Å²) in [5, 5.41) is 0. The van der Waals surface area contributed by atoms with Crippen LogP contribution in [0, 0.1) is 12.8 Å². The van der Waals surface area contributed by atoms with Gasteiger partial charge < -0.3 is 10.5 Å². The summed E-state index contributed by atoms with van der Waals surface area (Å²) in [5.41, 5.74) is 8.31.